The van der Waals surface area contributed by atoms with Gasteiger partial charge in [-0.05, 0) is 6.07 Å². The highest BCUT2D eigenvalue weighted by molar-refractivity contribution is 5.54. The Morgan fingerprint density at radius 2 is 2.07 bits per heavy atom. The Morgan fingerprint density at radius 3 is 2.71 bits per heavy atom. The van der Waals surface area contributed by atoms with E-state index in [0.717, 1.165) is 11.3 Å². The monoisotopic (exact) mass is 192 g/mol. The molecule has 0 heterocycles. The zero-order valence-corrected chi connectivity index (χ0v) is 8.90. The highest BCUT2D eigenvalue weighted by Crippen LogP contribution is 2.17. The molecule has 3 heteroatoms. The van der Waals surface area contributed by atoms with E-state index in [9.17, 15) is 0 Å². The molecule has 0 fully saturated rings. The molecule has 0 atom stereocenters. The normalized spacial score (nSPS) is 10.5. The first-order valence-electron chi connectivity index (χ1n) is 4.52. The van der Waals surface area contributed by atoms with E-state index >= 15 is 0 Å². The molecular weight excluding hydrogens is 176 g/mol. The number of benzene rings is 1. The van der Waals surface area contributed by atoms with Crippen molar-refractivity contribution in [2.45, 2.75) is 6.54 Å². The van der Waals surface area contributed by atoms with Gasteiger partial charge in [-0.15, -0.1) is 0 Å². The third-order valence-electron chi connectivity index (χ3n) is 1.77. The highest BCUT2D eigenvalue weighted by atomic mass is 16.5. The molecule has 0 radical (unpaired) electrons. The zero-order valence-electron chi connectivity index (χ0n) is 8.90. The van der Waals surface area contributed by atoms with Crippen molar-refractivity contribution in [2.75, 3.05) is 21.2 Å². The van der Waals surface area contributed by atoms with E-state index in [1.54, 1.807) is 13.4 Å². The first kappa shape index (κ1) is 10.6. The average molecular weight is 192 g/mol. The molecule has 0 saturated heterocycles. The van der Waals surface area contributed by atoms with Crippen molar-refractivity contribution in [3.8, 4) is 5.75 Å². The van der Waals surface area contributed by atoms with Gasteiger partial charge >= 0.3 is 0 Å². The molecule has 0 bridgehead atoms. The maximum Gasteiger partial charge on any atom is 0.123 e. The lowest BCUT2D eigenvalue weighted by atomic mass is 10.2. The van der Waals surface area contributed by atoms with Crippen LogP contribution in [0.3, 0.4) is 0 Å². The molecule has 0 aliphatic heterocycles. The van der Waals surface area contributed by atoms with Crippen LogP contribution in [0, 0.1) is 0 Å². The quantitative estimate of drug-likeness (QED) is 0.536. The Balaban J connectivity index is 2.66. The van der Waals surface area contributed by atoms with Gasteiger partial charge in [0.2, 0.25) is 0 Å². The standard InChI is InChI=1S/C11H16N2O/c1-13(2)9-12-8-10-6-4-5-7-11(10)14-3/h4-7,9H,8H2,1-3H3. The molecular formula is C11H16N2O. The molecule has 0 saturated carbocycles. The van der Waals surface area contributed by atoms with E-state index in [2.05, 4.69) is 4.99 Å². The third kappa shape index (κ3) is 3.09. The molecule has 1 rings (SSSR count). The van der Waals surface area contributed by atoms with Crippen LogP contribution in [0.1, 0.15) is 5.56 Å². The summed E-state index contributed by atoms with van der Waals surface area (Å²) in [5.41, 5.74) is 1.10. The van der Waals surface area contributed by atoms with Crippen molar-refractivity contribution in [3.05, 3.63) is 29.8 Å². The summed E-state index contributed by atoms with van der Waals surface area (Å²) in [5.74, 6) is 0.892. The number of rotatable bonds is 4. The fourth-order valence-electron chi connectivity index (χ4n) is 1.14. The van der Waals surface area contributed by atoms with Crippen molar-refractivity contribution >= 4 is 6.34 Å². The Bertz CT molecular complexity index is 308. The third-order valence-corrected chi connectivity index (χ3v) is 1.77. The number of nitrogens with zero attached hydrogens (tertiary/aromatic N) is 2. The molecule has 3 nitrogen and oxygen atoms in total. The van der Waals surface area contributed by atoms with Crippen LogP contribution in [-0.2, 0) is 6.54 Å². The molecule has 0 amide bonds. The Kier molecular flexibility index (Phi) is 3.98. The SMILES string of the molecule is COc1ccccc1CN=CN(C)C. The molecule has 0 aromatic heterocycles. The number of ether oxygens (including phenoxy) is 1. The molecule has 1 aromatic rings. The molecule has 0 N–H and O–H groups in total. The van der Waals surface area contributed by atoms with Gasteiger partial charge in [-0.3, -0.25) is 4.99 Å². The molecule has 76 valence electrons. The minimum atomic E-state index is 0.655. The van der Waals surface area contributed by atoms with Crippen LogP contribution in [0.4, 0.5) is 0 Å². The number of para-hydroxylation sites is 1. The van der Waals surface area contributed by atoms with Gasteiger partial charge in [0.05, 0.1) is 20.0 Å². The first-order chi connectivity index (χ1) is 6.74. The fraction of sp³-hybridized carbons (Fsp3) is 0.364. The maximum absolute atomic E-state index is 5.22. The van der Waals surface area contributed by atoms with Gasteiger partial charge in [0.15, 0.2) is 0 Å². The summed E-state index contributed by atoms with van der Waals surface area (Å²) < 4.78 is 5.22. The van der Waals surface area contributed by atoms with Gasteiger partial charge in [0.1, 0.15) is 5.75 Å². The lowest BCUT2D eigenvalue weighted by molar-refractivity contribution is 0.410. The predicted octanol–water partition coefficient (Wildman–Crippen LogP) is 1.79. The van der Waals surface area contributed by atoms with Crippen LogP contribution in [0.5, 0.6) is 5.75 Å². The van der Waals surface area contributed by atoms with Crippen molar-refractivity contribution in [2.24, 2.45) is 4.99 Å². The second-order valence-corrected chi connectivity index (χ2v) is 3.23. The van der Waals surface area contributed by atoms with Crippen LogP contribution in [0.15, 0.2) is 29.3 Å². The van der Waals surface area contributed by atoms with Crippen molar-refractivity contribution in [1.82, 2.24) is 4.90 Å². The van der Waals surface area contributed by atoms with E-state index < -0.39 is 0 Å². The smallest absolute Gasteiger partial charge is 0.123 e. The summed E-state index contributed by atoms with van der Waals surface area (Å²) in [6, 6.07) is 7.91. The van der Waals surface area contributed by atoms with Crippen LogP contribution in [0.25, 0.3) is 0 Å². The topological polar surface area (TPSA) is 24.8 Å². The predicted molar refractivity (Wildman–Crippen MR) is 58.9 cm³/mol. The van der Waals surface area contributed by atoms with Gasteiger partial charge in [0, 0.05) is 19.7 Å². The Hall–Kier alpha value is -1.51. The van der Waals surface area contributed by atoms with Gasteiger partial charge in [-0.1, -0.05) is 18.2 Å². The van der Waals surface area contributed by atoms with E-state index in [-0.39, 0.29) is 0 Å². The molecule has 0 aliphatic rings. The van der Waals surface area contributed by atoms with Gasteiger partial charge in [-0.2, -0.15) is 0 Å². The summed E-state index contributed by atoms with van der Waals surface area (Å²) in [7, 11) is 5.58. The second-order valence-electron chi connectivity index (χ2n) is 3.23. The first-order valence-corrected chi connectivity index (χ1v) is 4.52. The minimum absolute atomic E-state index is 0.655. The average Bonchev–Trinajstić information content (AvgIpc) is 2.18. The van der Waals surface area contributed by atoms with E-state index in [4.69, 9.17) is 4.74 Å². The van der Waals surface area contributed by atoms with E-state index in [1.165, 1.54) is 0 Å². The lowest BCUT2D eigenvalue weighted by Crippen LogP contribution is -2.07. The molecule has 1 aromatic carbocycles. The fourth-order valence-corrected chi connectivity index (χ4v) is 1.14. The van der Waals surface area contributed by atoms with E-state index in [1.807, 2.05) is 43.3 Å². The van der Waals surface area contributed by atoms with Crippen molar-refractivity contribution in [3.63, 3.8) is 0 Å². The summed E-state index contributed by atoms with van der Waals surface area (Å²) in [4.78, 5) is 6.18. The van der Waals surface area contributed by atoms with Gasteiger partial charge < -0.3 is 9.64 Å². The summed E-state index contributed by atoms with van der Waals surface area (Å²) >= 11 is 0. The Morgan fingerprint density at radius 1 is 1.36 bits per heavy atom. The molecule has 0 unspecified atom stereocenters. The van der Waals surface area contributed by atoms with Gasteiger partial charge in [-0.25, -0.2) is 0 Å². The lowest BCUT2D eigenvalue weighted by Gasteiger charge is -2.06. The minimum Gasteiger partial charge on any atom is -0.496 e. The maximum atomic E-state index is 5.22. The van der Waals surface area contributed by atoms with Crippen LogP contribution < -0.4 is 4.74 Å². The summed E-state index contributed by atoms with van der Waals surface area (Å²) in [5, 5.41) is 0. The number of hydrogen-bond acceptors (Lipinski definition) is 2. The van der Waals surface area contributed by atoms with Crippen molar-refractivity contribution in [1.29, 1.82) is 0 Å². The van der Waals surface area contributed by atoms with Crippen LogP contribution in [-0.4, -0.2) is 32.4 Å². The van der Waals surface area contributed by atoms with Crippen LogP contribution in [0.2, 0.25) is 0 Å². The van der Waals surface area contributed by atoms with Gasteiger partial charge in [0.25, 0.3) is 0 Å². The summed E-state index contributed by atoms with van der Waals surface area (Å²) in [6.45, 7) is 0.655. The largest absolute Gasteiger partial charge is 0.496 e. The van der Waals surface area contributed by atoms with Crippen molar-refractivity contribution < 1.29 is 4.74 Å². The van der Waals surface area contributed by atoms with E-state index in [0.29, 0.717) is 6.54 Å². The molecule has 0 aliphatic carbocycles. The molecule has 14 heavy (non-hydrogen) atoms. The Labute approximate surface area is 85.0 Å². The highest BCUT2D eigenvalue weighted by Gasteiger charge is 1.98. The number of hydrogen-bond donors (Lipinski definition) is 0. The van der Waals surface area contributed by atoms with Crippen LogP contribution >= 0.6 is 0 Å². The number of methoxy groups -OCH3 is 1. The second kappa shape index (κ2) is 5.27. The number of aliphatic imine (C=N–C) groups is 1. The zero-order chi connectivity index (χ0) is 10.4. The summed E-state index contributed by atoms with van der Waals surface area (Å²) in [6.07, 6.45) is 1.80. The molecule has 0 spiro atoms.